The van der Waals surface area contributed by atoms with Crippen LogP contribution in [0, 0.1) is 0 Å². The fourth-order valence-electron chi connectivity index (χ4n) is 2.15. The molecule has 0 spiro atoms. The highest BCUT2D eigenvalue weighted by Crippen LogP contribution is 2.06. The van der Waals surface area contributed by atoms with E-state index in [1.165, 1.54) is 10.7 Å². The van der Waals surface area contributed by atoms with E-state index in [0.29, 0.717) is 11.3 Å². The minimum Gasteiger partial charge on any atom is -0.292 e. The number of aromatic nitrogens is 2. The van der Waals surface area contributed by atoms with E-state index in [2.05, 4.69) is 15.7 Å². The van der Waals surface area contributed by atoms with Crippen LogP contribution in [0.5, 0.6) is 0 Å². The van der Waals surface area contributed by atoms with Gasteiger partial charge in [-0.3, -0.25) is 25.3 Å². The van der Waals surface area contributed by atoms with Gasteiger partial charge in [0.15, 0.2) is 0 Å². The van der Waals surface area contributed by atoms with E-state index >= 15 is 0 Å². The van der Waals surface area contributed by atoms with Crippen molar-refractivity contribution in [2.75, 3.05) is 5.32 Å². The van der Waals surface area contributed by atoms with Gasteiger partial charge in [-0.15, -0.1) is 0 Å². The second-order valence-corrected chi connectivity index (χ2v) is 4.95. The molecule has 0 fully saturated rings. The van der Waals surface area contributed by atoms with Gasteiger partial charge in [0.2, 0.25) is 0 Å². The van der Waals surface area contributed by atoms with Crippen molar-refractivity contribution in [1.29, 1.82) is 0 Å². The molecule has 2 aromatic carbocycles. The number of carbonyl (C=O) groups is 2. The highest BCUT2D eigenvalue weighted by atomic mass is 16.2. The first-order valence-electron chi connectivity index (χ1n) is 7.18. The van der Waals surface area contributed by atoms with Gasteiger partial charge in [0.1, 0.15) is 5.82 Å². The number of urea groups is 1. The molecule has 3 aromatic rings. The first-order valence-corrected chi connectivity index (χ1v) is 7.18. The molecular formula is C17H14N4O3. The van der Waals surface area contributed by atoms with E-state index in [0.717, 1.165) is 0 Å². The number of nitrogens with one attached hydrogen (secondary N) is 3. The zero-order valence-corrected chi connectivity index (χ0v) is 12.5. The van der Waals surface area contributed by atoms with Gasteiger partial charge in [0.25, 0.3) is 11.5 Å². The summed E-state index contributed by atoms with van der Waals surface area (Å²) in [5.74, 6) is -0.347. The first kappa shape index (κ1) is 15.3. The van der Waals surface area contributed by atoms with Crippen molar-refractivity contribution in [2.24, 2.45) is 0 Å². The van der Waals surface area contributed by atoms with Gasteiger partial charge >= 0.3 is 6.03 Å². The van der Waals surface area contributed by atoms with Crippen molar-refractivity contribution in [1.82, 2.24) is 15.1 Å². The molecule has 3 amide bonds. The zero-order valence-electron chi connectivity index (χ0n) is 12.5. The molecule has 0 saturated heterocycles. The Balaban J connectivity index is 1.69. The number of hydrogen-bond donors (Lipinski definition) is 3. The van der Waals surface area contributed by atoms with Crippen molar-refractivity contribution in [3.8, 4) is 5.69 Å². The molecule has 0 aliphatic heterocycles. The van der Waals surface area contributed by atoms with Gasteiger partial charge in [-0.2, -0.15) is 0 Å². The highest BCUT2D eigenvalue weighted by molar-refractivity contribution is 6.07. The summed E-state index contributed by atoms with van der Waals surface area (Å²) >= 11 is 0. The Morgan fingerprint density at radius 3 is 2.21 bits per heavy atom. The molecule has 3 N–H and O–H groups in total. The summed E-state index contributed by atoms with van der Waals surface area (Å²) in [6.45, 7) is 0. The standard InChI is InChI=1S/C17H14N4O3/c22-15-11-14(20-21(15)13-9-5-2-6-10-13)18-17(24)19-16(23)12-7-3-1-4-8-12/h1-11,20H,(H2,18,19,23,24). The van der Waals surface area contributed by atoms with E-state index in [1.807, 2.05) is 6.07 Å². The summed E-state index contributed by atoms with van der Waals surface area (Å²) < 4.78 is 1.29. The molecule has 0 atom stereocenters. The lowest BCUT2D eigenvalue weighted by Gasteiger charge is -2.05. The molecule has 7 nitrogen and oxygen atoms in total. The Bertz CT molecular complexity index is 914. The fourth-order valence-corrected chi connectivity index (χ4v) is 2.15. The predicted octanol–water partition coefficient (Wildman–Crippen LogP) is 2.13. The number of para-hydroxylation sites is 1. The van der Waals surface area contributed by atoms with Gasteiger partial charge in [-0.05, 0) is 24.3 Å². The second-order valence-electron chi connectivity index (χ2n) is 4.95. The van der Waals surface area contributed by atoms with E-state index in [-0.39, 0.29) is 11.4 Å². The van der Waals surface area contributed by atoms with Crippen LogP contribution in [0.3, 0.4) is 0 Å². The van der Waals surface area contributed by atoms with Crippen LogP contribution in [0.4, 0.5) is 10.6 Å². The number of aromatic amines is 1. The van der Waals surface area contributed by atoms with E-state index in [9.17, 15) is 14.4 Å². The molecule has 1 heterocycles. The van der Waals surface area contributed by atoms with E-state index in [1.54, 1.807) is 54.6 Å². The number of anilines is 1. The minimum atomic E-state index is -0.731. The first-order chi connectivity index (χ1) is 11.6. The number of amides is 3. The SMILES string of the molecule is O=C(NC(=O)c1ccccc1)Nc1cc(=O)n(-c2ccccc2)[nH]1. The predicted molar refractivity (Wildman–Crippen MR) is 89.3 cm³/mol. The summed E-state index contributed by atoms with van der Waals surface area (Å²) in [6.07, 6.45) is 0. The minimum absolute atomic E-state index is 0.183. The fraction of sp³-hybridized carbons (Fsp3) is 0. The Morgan fingerprint density at radius 2 is 1.54 bits per heavy atom. The number of benzene rings is 2. The van der Waals surface area contributed by atoms with Crippen LogP contribution in [0.15, 0.2) is 71.5 Å². The largest absolute Gasteiger partial charge is 0.327 e. The molecule has 120 valence electrons. The molecule has 24 heavy (non-hydrogen) atoms. The maximum Gasteiger partial charge on any atom is 0.327 e. The van der Waals surface area contributed by atoms with Crippen LogP contribution < -0.4 is 16.2 Å². The Kier molecular flexibility index (Phi) is 4.24. The van der Waals surface area contributed by atoms with Crippen LogP contribution in [-0.2, 0) is 0 Å². The molecule has 1 aromatic heterocycles. The normalized spacial score (nSPS) is 10.2. The van der Waals surface area contributed by atoms with Gasteiger partial charge < -0.3 is 0 Å². The number of carbonyl (C=O) groups excluding carboxylic acids is 2. The molecule has 0 aliphatic carbocycles. The maximum absolute atomic E-state index is 12.0. The number of nitrogens with zero attached hydrogens (tertiary/aromatic N) is 1. The Labute approximate surface area is 136 Å². The summed E-state index contributed by atoms with van der Waals surface area (Å²) in [5, 5.41) is 7.38. The zero-order chi connectivity index (χ0) is 16.9. The summed E-state index contributed by atoms with van der Waals surface area (Å²) in [5.41, 5.74) is 0.671. The smallest absolute Gasteiger partial charge is 0.292 e. The van der Waals surface area contributed by atoms with Gasteiger partial charge in [0, 0.05) is 11.6 Å². The number of H-pyrrole nitrogens is 1. The van der Waals surface area contributed by atoms with E-state index < -0.39 is 11.9 Å². The molecule has 0 saturated carbocycles. The van der Waals surface area contributed by atoms with Crippen LogP contribution in [0.1, 0.15) is 10.4 Å². The molecule has 7 heteroatoms. The third-order valence-electron chi connectivity index (χ3n) is 3.25. The van der Waals surface area contributed by atoms with Crippen LogP contribution in [0.25, 0.3) is 5.69 Å². The lowest BCUT2D eigenvalue weighted by Crippen LogP contribution is -2.34. The Morgan fingerprint density at radius 1 is 0.917 bits per heavy atom. The van der Waals surface area contributed by atoms with Crippen molar-refractivity contribution in [2.45, 2.75) is 0 Å². The molecular weight excluding hydrogens is 308 g/mol. The van der Waals surface area contributed by atoms with Crippen molar-refractivity contribution in [3.05, 3.63) is 82.6 Å². The highest BCUT2D eigenvalue weighted by Gasteiger charge is 2.12. The Hall–Kier alpha value is -3.61. The lowest BCUT2D eigenvalue weighted by molar-refractivity contribution is 0.0967. The molecule has 0 bridgehead atoms. The second kappa shape index (κ2) is 6.66. The van der Waals surface area contributed by atoms with Crippen molar-refractivity contribution in [3.63, 3.8) is 0 Å². The van der Waals surface area contributed by atoms with Gasteiger partial charge in [-0.25, -0.2) is 9.48 Å². The van der Waals surface area contributed by atoms with Crippen molar-refractivity contribution >= 4 is 17.8 Å². The number of imide groups is 1. The van der Waals surface area contributed by atoms with Crippen molar-refractivity contribution < 1.29 is 9.59 Å². The third-order valence-corrected chi connectivity index (χ3v) is 3.25. The lowest BCUT2D eigenvalue weighted by atomic mass is 10.2. The topological polar surface area (TPSA) is 96.0 Å². The van der Waals surface area contributed by atoms with E-state index in [4.69, 9.17) is 0 Å². The summed E-state index contributed by atoms with van der Waals surface area (Å²) in [6, 6.07) is 17.8. The van der Waals surface area contributed by atoms with Gasteiger partial charge in [-0.1, -0.05) is 36.4 Å². The maximum atomic E-state index is 12.0. The average molecular weight is 322 g/mol. The van der Waals surface area contributed by atoms with Crippen LogP contribution in [-0.4, -0.2) is 21.7 Å². The number of rotatable bonds is 3. The van der Waals surface area contributed by atoms with Gasteiger partial charge in [0.05, 0.1) is 5.69 Å². The quantitative estimate of drug-likeness (QED) is 0.689. The molecule has 0 unspecified atom stereocenters. The molecule has 0 radical (unpaired) electrons. The summed E-state index contributed by atoms with van der Waals surface area (Å²) in [4.78, 5) is 35.7. The monoisotopic (exact) mass is 322 g/mol. The summed E-state index contributed by atoms with van der Waals surface area (Å²) in [7, 11) is 0. The molecule has 3 rings (SSSR count). The molecule has 0 aliphatic rings. The number of hydrogen-bond acceptors (Lipinski definition) is 3. The van der Waals surface area contributed by atoms with Crippen LogP contribution in [0.2, 0.25) is 0 Å². The average Bonchev–Trinajstić information content (AvgIpc) is 2.96. The van der Waals surface area contributed by atoms with Crippen LogP contribution >= 0.6 is 0 Å². The third kappa shape index (κ3) is 3.41.